The second-order valence-electron chi connectivity index (χ2n) is 4.20. The number of hydrogen-bond donors (Lipinski definition) is 1. The summed E-state index contributed by atoms with van der Waals surface area (Å²) in [5, 5.41) is 4.10. The predicted molar refractivity (Wildman–Crippen MR) is 82.4 cm³/mol. The van der Waals surface area contributed by atoms with Gasteiger partial charge in [-0.05, 0) is 25.8 Å². The molecule has 0 radical (unpaired) electrons. The number of aryl methyl sites for hydroxylation is 1. The number of thiazole rings is 1. The van der Waals surface area contributed by atoms with E-state index in [9.17, 15) is 4.79 Å². The van der Waals surface area contributed by atoms with E-state index in [2.05, 4.69) is 23.8 Å². The summed E-state index contributed by atoms with van der Waals surface area (Å²) in [5.41, 5.74) is 1.50. The van der Waals surface area contributed by atoms with Crippen LogP contribution in [0.3, 0.4) is 0 Å². The summed E-state index contributed by atoms with van der Waals surface area (Å²) in [5.74, 6) is 0. The van der Waals surface area contributed by atoms with Gasteiger partial charge in [-0.1, -0.05) is 32.1 Å². The zero-order valence-corrected chi connectivity index (χ0v) is 12.3. The first-order chi connectivity index (χ1) is 9.19. The normalized spacial score (nSPS) is 12.3. The fourth-order valence-electron chi connectivity index (χ4n) is 1.42. The number of allylic oxidation sites excluding steroid dienone is 5. The Bertz CT molecular complexity index is 476. The van der Waals surface area contributed by atoms with Gasteiger partial charge in [-0.3, -0.25) is 4.79 Å². The van der Waals surface area contributed by atoms with Crippen LogP contribution < -0.4 is 5.32 Å². The van der Waals surface area contributed by atoms with Gasteiger partial charge >= 0.3 is 0 Å². The Morgan fingerprint density at radius 2 is 2.32 bits per heavy atom. The molecule has 19 heavy (non-hydrogen) atoms. The summed E-state index contributed by atoms with van der Waals surface area (Å²) in [6, 6.07) is 0. The van der Waals surface area contributed by atoms with Crippen molar-refractivity contribution in [1.82, 2.24) is 4.98 Å². The van der Waals surface area contributed by atoms with Gasteiger partial charge in [0.1, 0.15) is 6.29 Å². The van der Waals surface area contributed by atoms with Crippen molar-refractivity contribution in [3.63, 3.8) is 0 Å². The SMILES string of the molecule is C=C/C(C=O)=C\C=C(/C)Nc1ncc(CCCC)s1. The highest BCUT2D eigenvalue weighted by Crippen LogP contribution is 2.21. The van der Waals surface area contributed by atoms with Crippen molar-refractivity contribution >= 4 is 22.8 Å². The molecule has 1 aromatic heterocycles. The molecule has 1 N–H and O–H groups in total. The molecule has 0 bridgehead atoms. The number of aldehydes is 1. The predicted octanol–water partition coefficient (Wildman–Crippen LogP) is 4.11. The van der Waals surface area contributed by atoms with Gasteiger partial charge in [0.05, 0.1) is 0 Å². The summed E-state index contributed by atoms with van der Waals surface area (Å²) < 4.78 is 0. The van der Waals surface area contributed by atoms with E-state index in [1.807, 2.05) is 19.2 Å². The molecule has 0 spiro atoms. The molecular formula is C15H20N2OS. The third-order valence-corrected chi connectivity index (χ3v) is 3.50. The Labute approximate surface area is 118 Å². The van der Waals surface area contributed by atoms with Crippen LogP contribution in [0.5, 0.6) is 0 Å². The van der Waals surface area contributed by atoms with Crippen LogP contribution in [0.25, 0.3) is 0 Å². The molecule has 4 heteroatoms. The van der Waals surface area contributed by atoms with E-state index in [4.69, 9.17) is 0 Å². The Morgan fingerprint density at radius 1 is 1.53 bits per heavy atom. The second kappa shape index (κ2) is 8.43. The number of nitrogens with zero attached hydrogens (tertiary/aromatic N) is 1. The fraction of sp³-hybridized carbons (Fsp3) is 0.333. The third-order valence-electron chi connectivity index (χ3n) is 2.53. The maximum absolute atomic E-state index is 10.6. The van der Waals surface area contributed by atoms with Crippen LogP contribution in [0.1, 0.15) is 31.6 Å². The standard InChI is InChI=1S/C15H20N2OS/c1-4-6-7-14-10-16-15(19-14)17-12(3)8-9-13(5-2)11-18/h5,8-11H,2,4,6-7H2,1,3H3,(H,16,17)/b12-8+,13-9+. The average Bonchev–Trinajstić information content (AvgIpc) is 2.85. The number of anilines is 1. The number of rotatable bonds is 8. The Morgan fingerprint density at radius 3 is 2.95 bits per heavy atom. The molecule has 0 unspecified atom stereocenters. The summed E-state index contributed by atoms with van der Waals surface area (Å²) in [6.07, 6.45) is 11.3. The van der Waals surface area contributed by atoms with Gasteiger partial charge < -0.3 is 5.32 Å². The maximum atomic E-state index is 10.6. The lowest BCUT2D eigenvalue weighted by Gasteiger charge is -2.00. The largest absolute Gasteiger partial charge is 0.335 e. The van der Waals surface area contributed by atoms with Crippen molar-refractivity contribution < 1.29 is 4.79 Å². The Balaban J connectivity index is 2.61. The van der Waals surface area contributed by atoms with Crippen molar-refractivity contribution in [3.8, 4) is 0 Å². The van der Waals surface area contributed by atoms with Gasteiger partial charge in [0.2, 0.25) is 0 Å². The lowest BCUT2D eigenvalue weighted by Crippen LogP contribution is -1.93. The van der Waals surface area contributed by atoms with Crippen molar-refractivity contribution in [2.45, 2.75) is 33.1 Å². The number of carbonyl (C=O) groups excluding carboxylic acids is 1. The van der Waals surface area contributed by atoms with E-state index < -0.39 is 0 Å². The smallest absolute Gasteiger partial charge is 0.187 e. The number of unbranched alkanes of at least 4 members (excludes halogenated alkanes) is 1. The first-order valence-electron chi connectivity index (χ1n) is 6.37. The number of aromatic nitrogens is 1. The highest BCUT2D eigenvalue weighted by molar-refractivity contribution is 7.15. The van der Waals surface area contributed by atoms with Gasteiger partial charge in [-0.25, -0.2) is 4.98 Å². The minimum absolute atomic E-state index is 0.559. The van der Waals surface area contributed by atoms with Gasteiger partial charge in [-0.2, -0.15) is 0 Å². The average molecular weight is 276 g/mol. The van der Waals surface area contributed by atoms with E-state index in [0.717, 1.165) is 23.5 Å². The molecule has 0 aliphatic heterocycles. The van der Waals surface area contributed by atoms with Gasteiger partial charge in [0, 0.05) is 22.3 Å². The molecule has 0 atom stereocenters. The second-order valence-corrected chi connectivity index (χ2v) is 5.31. The lowest BCUT2D eigenvalue weighted by atomic mass is 10.2. The molecule has 0 aliphatic rings. The maximum Gasteiger partial charge on any atom is 0.187 e. The monoisotopic (exact) mass is 276 g/mol. The molecule has 0 fully saturated rings. The Kier molecular flexibility index (Phi) is 6.82. The molecule has 0 amide bonds. The van der Waals surface area contributed by atoms with Crippen molar-refractivity contribution in [2.75, 3.05) is 5.32 Å². The van der Waals surface area contributed by atoms with Crippen molar-refractivity contribution in [3.05, 3.63) is 47.2 Å². The molecule has 0 aliphatic carbocycles. The summed E-state index contributed by atoms with van der Waals surface area (Å²) in [6.45, 7) is 7.69. The van der Waals surface area contributed by atoms with Gasteiger partial charge in [0.15, 0.2) is 5.13 Å². The number of hydrogen-bond acceptors (Lipinski definition) is 4. The molecule has 0 saturated heterocycles. The Hall–Kier alpha value is -1.68. The van der Waals surface area contributed by atoms with Crippen molar-refractivity contribution in [1.29, 1.82) is 0 Å². The molecule has 1 aromatic rings. The minimum atomic E-state index is 0.559. The highest BCUT2D eigenvalue weighted by atomic mass is 32.1. The quantitative estimate of drug-likeness (QED) is 0.441. The fourth-order valence-corrected chi connectivity index (χ4v) is 2.34. The van der Waals surface area contributed by atoms with E-state index in [1.165, 1.54) is 23.8 Å². The van der Waals surface area contributed by atoms with E-state index >= 15 is 0 Å². The first-order valence-corrected chi connectivity index (χ1v) is 7.19. The van der Waals surface area contributed by atoms with Crippen LogP contribution in [-0.2, 0) is 11.2 Å². The van der Waals surface area contributed by atoms with Crippen LogP contribution in [0.4, 0.5) is 5.13 Å². The lowest BCUT2D eigenvalue weighted by molar-refractivity contribution is -0.104. The molecule has 0 aromatic carbocycles. The molecule has 3 nitrogen and oxygen atoms in total. The number of carbonyl (C=O) groups is 1. The highest BCUT2D eigenvalue weighted by Gasteiger charge is 2.01. The van der Waals surface area contributed by atoms with E-state index in [1.54, 1.807) is 17.4 Å². The van der Waals surface area contributed by atoms with Crippen LogP contribution in [0.15, 0.2) is 42.3 Å². The summed E-state index contributed by atoms with van der Waals surface area (Å²) in [4.78, 5) is 16.2. The molecule has 1 rings (SSSR count). The van der Waals surface area contributed by atoms with Crippen LogP contribution in [0, 0.1) is 0 Å². The minimum Gasteiger partial charge on any atom is -0.335 e. The van der Waals surface area contributed by atoms with Crippen LogP contribution in [0.2, 0.25) is 0 Å². The number of nitrogens with one attached hydrogen (secondary N) is 1. The van der Waals surface area contributed by atoms with E-state index in [-0.39, 0.29) is 0 Å². The van der Waals surface area contributed by atoms with Gasteiger partial charge in [0.25, 0.3) is 0 Å². The molecular weight excluding hydrogens is 256 g/mol. The van der Waals surface area contributed by atoms with Crippen LogP contribution >= 0.6 is 11.3 Å². The third kappa shape index (κ3) is 5.66. The topological polar surface area (TPSA) is 42.0 Å². The first kappa shape index (κ1) is 15.4. The van der Waals surface area contributed by atoms with Crippen LogP contribution in [-0.4, -0.2) is 11.3 Å². The summed E-state index contributed by atoms with van der Waals surface area (Å²) in [7, 11) is 0. The van der Waals surface area contributed by atoms with E-state index in [0.29, 0.717) is 5.57 Å². The van der Waals surface area contributed by atoms with Gasteiger partial charge in [-0.15, -0.1) is 11.3 Å². The van der Waals surface area contributed by atoms with Crippen molar-refractivity contribution in [2.24, 2.45) is 0 Å². The molecule has 1 heterocycles. The summed E-state index contributed by atoms with van der Waals surface area (Å²) >= 11 is 1.67. The zero-order valence-electron chi connectivity index (χ0n) is 11.5. The zero-order chi connectivity index (χ0) is 14.1. The molecule has 0 saturated carbocycles. The molecule has 102 valence electrons.